The predicted octanol–water partition coefficient (Wildman–Crippen LogP) is 16.8. The Morgan fingerprint density at radius 3 is 1.79 bits per heavy atom. The average Bonchev–Trinajstić information content (AvgIpc) is 3.99. The van der Waals surface area contributed by atoms with Crippen LogP contribution in [0.15, 0.2) is 205 Å². The van der Waals surface area contributed by atoms with Crippen molar-refractivity contribution >= 4 is 102 Å². The minimum Gasteiger partial charge on any atom is -0.456 e. The molecule has 0 aliphatic heterocycles. The number of para-hydroxylation sites is 1. The van der Waals surface area contributed by atoms with Crippen molar-refractivity contribution in [3.05, 3.63) is 200 Å². The molecule has 0 fully saturated rings. The fourth-order valence-corrected chi connectivity index (χ4v) is 11.2. The summed E-state index contributed by atoms with van der Waals surface area (Å²) >= 11 is 3.75. The fourth-order valence-electron chi connectivity index (χ4n) is 8.83. The van der Waals surface area contributed by atoms with E-state index in [2.05, 4.69) is 199 Å². The van der Waals surface area contributed by atoms with E-state index in [4.69, 9.17) is 4.42 Å². The molecule has 3 heterocycles. The van der Waals surface area contributed by atoms with Gasteiger partial charge in [0, 0.05) is 62.4 Å². The molecule has 58 heavy (non-hydrogen) atoms. The minimum absolute atomic E-state index is 0.881. The van der Waals surface area contributed by atoms with Crippen molar-refractivity contribution in [2.75, 3.05) is 4.90 Å². The Kier molecular flexibility index (Phi) is 7.62. The monoisotopic (exact) mass is 775 g/mol. The van der Waals surface area contributed by atoms with Crippen LogP contribution in [0.3, 0.4) is 0 Å². The van der Waals surface area contributed by atoms with Crippen LogP contribution < -0.4 is 4.90 Å². The molecular weight excluding hydrogens is 743 g/mol. The zero-order valence-corrected chi connectivity index (χ0v) is 32.9. The van der Waals surface area contributed by atoms with E-state index in [0.717, 1.165) is 33.3 Å². The average molecular weight is 776 g/mol. The first kappa shape index (κ1) is 33.2. The lowest BCUT2D eigenvalue weighted by molar-refractivity contribution is 0.669. The van der Waals surface area contributed by atoms with Gasteiger partial charge in [-0.1, -0.05) is 152 Å². The molecule has 0 amide bonds. The number of anilines is 3. The van der Waals surface area contributed by atoms with Gasteiger partial charge < -0.3 is 9.32 Å². The van der Waals surface area contributed by atoms with Crippen LogP contribution in [0.1, 0.15) is 0 Å². The van der Waals surface area contributed by atoms with Crippen molar-refractivity contribution in [2.24, 2.45) is 0 Å². The highest BCUT2D eigenvalue weighted by molar-refractivity contribution is 7.26. The van der Waals surface area contributed by atoms with E-state index in [1.807, 2.05) is 28.7 Å². The summed E-state index contributed by atoms with van der Waals surface area (Å²) in [6.07, 6.45) is 0. The summed E-state index contributed by atoms with van der Waals surface area (Å²) in [6, 6.07) is 72.8. The zero-order valence-electron chi connectivity index (χ0n) is 31.2. The number of rotatable bonds is 6. The molecule has 0 unspecified atom stereocenters. The lowest BCUT2D eigenvalue weighted by atomic mass is 9.95. The summed E-state index contributed by atoms with van der Waals surface area (Å²) in [6.45, 7) is 0. The molecule has 12 aromatic rings. The number of thiophene rings is 2. The smallest absolute Gasteiger partial charge is 0.135 e. The van der Waals surface area contributed by atoms with Crippen LogP contribution in [-0.4, -0.2) is 0 Å². The molecule has 0 saturated heterocycles. The SMILES string of the molecule is c1ccc(-c2ccc3c(c2)sc2c(-c4ccccc4)ccc(N(c4ccc5oc6ccccc6c5c4)c4c(-c5ccccc5)ccc5sc6ccccc6c45)c23)cc1. The van der Waals surface area contributed by atoms with Crippen molar-refractivity contribution in [2.45, 2.75) is 0 Å². The molecule has 272 valence electrons. The van der Waals surface area contributed by atoms with Crippen molar-refractivity contribution in [3.8, 4) is 33.4 Å². The Balaban J connectivity index is 1.24. The summed E-state index contributed by atoms with van der Waals surface area (Å²) in [5, 5.41) is 7.21. The van der Waals surface area contributed by atoms with Gasteiger partial charge in [-0.25, -0.2) is 0 Å². The third-order valence-corrected chi connectivity index (χ3v) is 13.8. The van der Waals surface area contributed by atoms with E-state index in [1.54, 1.807) is 0 Å². The Hall–Kier alpha value is -6.98. The van der Waals surface area contributed by atoms with Gasteiger partial charge in [-0.15, -0.1) is 22.7 Å². The molecule has 0 radical (unpaired) electrons. The van der Waals surface area contributed by atoms with Crippen LogP contribution in [-0.2, 0) is 0 Å². The quantitative estimate of drug-likeness (QED) is 0.167. The van der Waals surface area contributed by atoms with Crippen LogP contribution in [0.5, 0.6) is 0 Å². The lowest BCUT2D eigenvalue weighted by Gasteiger charge is -2.30. The fraction of sp³-hybridized carbons (Fsp3) is 0. The molecular formula is C54H33NOS2. The third-order valence-electron chi connectivity index (χ3n) is 11.5. The summed E-state index contributed by atoms with van der Waals surface area (Å²) in [5.41, 5.74) is 12.4. The first-order valence-electron chi connectivity index (χ1n) is 19.6. The number of hydrogen-bond donors (Lipinski definition) is 0. The van der Waals surface area contributed by atoms with Crippen molar-refractivity contribution < 1.29 is 4.42 Å². The molecule has 2 nitrogen and oxygen atoms in total. The van der Waals surface area contributed by atoms with Crippen molar-refractivity contribution in [1.82, 2.24) is 0 Å². The Bertz CT molecular complexity index is 3510. The van der Waals surface area contributed by atoms with Crippen molar-refractivity contribution in [1.29, 1.82) is 0 Å². The van der Waals surface area contributed by atoms with Crippen LogP contribution in [0.2, 0.25) is 0 Å². The first-order chi connectivity index (χ1) is 28.8. The molecule has 9 aromatic carbocycles. The number of benzene rings is 9. The van der Waals surface area contributed by atoms with Gasteiger partial charge in [0.25, 0.3) is 0 Å². The first-order valence-corrected chi connectivity index (χ1v) is 21.2. The van der Waals surface area contributed by atoms with E-state index >= 15 is 0 Å². The minimum atomic E-state index is 0.881. The van der Waals surface area contributed by atoms with Gasteiger partial charge in [0.15, 0.2) is 0 Å². The number of fused-ring (bicyclic) bond motifs is 9. The zero-order chi connectivity index (χ0) is 38.2. The summed E-state index contributed by atoms with van der Waals surface area (Å²) in [5.74, 6) is 0. The summed E-state index contributed by atoms with van der Waals surface area (Å²) in [7, 11) is 0. The highest BCUT2D eigenvalue weighted by Crippen LogP contribution is 2.54. The third kappa shape index (κ3) is 5.23. The maximum Gasteiger partial charge on any atom is 0.135 e. The van der Waals surface area contributed by atoms with E-state index in [-0.39, 0.29) is 0 Å². The maximum atomic E-state index is 6.42. The second-order valence-corrected chi connectivity index (χ2v) is 16.9. The molecule has 0 aliphatic rings. The number of nitrogens with zero attached hydrogens (tertiary/aromatic N) is 1. The number of hydrogen-bond acceptors (Lipinski definition) is 4. The van der Waals surface area contributed by atoms with Gasteiger partial charge in [0.05, 0.1) is 11.4 Å². The van der Waals surface area contributed by atoms with E-state index in [1.165, 1.54) is 79.4 Å². The summed E-state index contributed by atoms with van der Waals surface area (Å²) in [4.78, 5) is 2.55. The molecule has 0 bridgehead atoms. The maximum absolute atomic E-state index is 6.42. The highest BCUT2D eigenvalue weighted by atomic mass is 32.1. The standard InChI is InChI=1S/C54H33NOS2/c1-4-14-34(15-5-1)37-24-26-43-50(32-37)58-54-40(36-18-8-3-9-19-36)27-29-45(51(43)54)55(38-25-30-47-44(33-38)41-20-10-12-22-46(41)56-47)53-39(35-16-6-2-7-17-35)28-31-49-52(53)42-21-11-13-23-48(42)57-49/h1-33H. The normalized spacial score (nSPS) is 11.8. The molecule has 0 saturated carbocycles. The van der Waals surface area contributed by atoms with Crippen LogP contribution in [0, 0.1) is 0 Å². The lowest BCUT2D eigenvalue weighted by Crippen LogP contribution is -2.12. The molecule has 0 aliphatic carbocycles. The van der Waals surface area contributed by atoms with Crippen LogP contribution >= 0.6 is 22.7 Å². The molecule has 12 rings (SSSR count). The van der Waals surface area contributed by atoms with Gasteiger partial charge in [0.1, 0.15) is 11.2 Å². The van der Waals surface area contributed by atoms with E-state index in [9.17, 15) is 0 Å². The van der Waals surface area contributed by atoms with Crippen molar-refractivity contribution in [3.63, 3.8) is 0 Å². The van der Waals surface area contributed by atoms with Gasteiger partial charge in [-0.3, -0.25) is 0 Å². The van der Waals surface area contributed by atoms with Crippen LogP contribution in [0.4, 0.5) is 17.1 Å². The van der Waals surface area contributed by atoms with E-state index in [0.29, 0.717) is 0 Å². The van der Waals surface area contributed by atoms with Crippen LogP contribution in [0.25, 0.3) is 95.7 Å². The van der Waals surface area contributed by atoms with Gasteiger partial charge in [-0.05, 0) is 76.3 Å². The molecule has 0 spiro atoms. The largest absolute Gasteiger partial charge is 0.456 e. The topological polar surface area (TPSA) is 16.4 Å². The van der Waals surface area contributed by atoms with Gasteiger partial charge in [-0.2, -0.15) is 0 Å². The van der Waals surface area contributed by atoms with Gasteiger partial charge >= 0.3 is 0 Å². The molecule has 0 N–H and O–H groups in total. The summed E-state index contributed by atoms with van der Waals surface area (Å²) < 4.78 is 11.5. The van der Waals surface area contributed by atoms with E-state index < -0.39 is 0 Å². The molecule has 0 atom stereocenters. The predicted molar refractivity (Wildman–Crippen MR) is 250 cm³/mol. The van der Waals surface area contributed by atoms with Gasteiger partial charge in [0.2, 0.25) is 0 Å². The Morgan fingerprint density at radius 2 is 1.00 bits per heavy atom. The highest BCUT2D eigenvalue weighted by Gasteiger charge is 2.27. The second-order valence-electron chi connectivity index (χ2n) is 14.8. The molecule has 4 heteroatoms. The Morgan fingerprint density at radius 1 is 0.362 bits per heavy atom. The number of furan rings is 1. The molecule has 3 aromatic heterocycles. The Labute approximate surface area is 343 Å². The second kappa shape index (κ2) is 13.3.